The zero-order valence-corrected chi connectivity index (χ0v) is 11.8. The average Bonchev–Trinajstić information content (AvgIpc) is 2.71. The lowest BCUT2D eigenvalue weighted by Crippen LogP contribution is -2.51. The molecule has 2 fully saturated rings. The quantitative estimate of drug-likeness (QED) is 0.733. The standard InChI is InChI=1S/C15H30N2/c1-3-9-15(10-6-11-16-15)13-17(4-2)12-14-7-5-8-14/h14,16H,3-13H2,1-2H3. The van der Waals surface area contributed by atoms with Gasteiger partial charge in [-0.3, -0.25) is 0 Å². The normalized spacial score (nSPS) is 29.8. The highest BCUT2D eigenvalue weighted by Gasteiger charge is 2.34. The van der Waals surface area contributed by atoms with Crippen LogP contribution in [0, 0.1) is 5.92 Å². The number of hydrogen-bond acceptors (Lipinski definition) is 2. The Morgan fingerprint density at radius 3 is 2.53 bits per heavy atom. The molecular weight excluding hydrogens is 208 g/mol. The molecule has 0 aromatic carbocycles. The molecule has 17 heavy (non-hydrogen) atoms. The number of likely N-dealkylation sites (N-methyl/N-ethyl adjacent to an activating group) is 1. The average molecular weight is 238 g/mol. The van der Waals surface area contributed by atoms with Crippen molar-refractivity contribution in [1.29, 1.82) is 0 Å². The molecule has 0 radical (unpaired) electrons. The minimum absolute atomic E-state index is 0.453. The van der Waals surface area contributed by atoms with Crippen LogP contribution in [-0.4, -0.2) is 36.6 Å². The van der Waals surface area contributed by atoms with E-state index in [4.69, 9.17) is 0 Å². The molecule has 100 valence electrons. The highest BCUT2D eigenvalue weighted by Crippen LogP contribution is 2.30. The van der Waals surface area contributed by atoms with Crippen molar-refractivity contribution >= 4 is 0 Å². The zero-order valence-electron chi connectivity index (χ0n) is 11.8. The van der Waals surface area contributed by atoms with Gasteiger partial charge in [-0.1, -0.05) is 26.7 Å². The van der Waals surface area contributed by atoms with E-state index in [9.17, 15) is 0 Å². The molecular formula is C15H30N2. The van der Waals surface area contributed by atoms with Crippen LogP contribution < -0.4 is 5.32 Å². The zero-order chi connectivity index (χ0) is 12.1. The third-order valence-corrected chi connectivity index (χ3v) is 4.78. The molecule has 0 bridgehead atoms. The Labute approximate surface area is 107 Å². The van der Waals surface area contributed by atoms with E-state index in [1.807, 2.05) is 0 Å². The Morgan fingerprint density at radius 2 is 2.06 bits per heavy atom. The summed E-state index contributed by atoms with van der Waals surface area (Å²) in [6, 6.07) is 0. The van der Waals surface area contributed by atoms with Crippen molar-refractivity contribution in [3.8, 4) is 0 Å². The first-order valence-corrected chi connectivity index (χ1v) is 7.75. The van der Waals surface area contributed by atoms with Gasteiger partial charge in [0.15, 0.2) is 0 Å². The van der Waals surface area contributed by atoms with Crippen molar-refractivity contribution in [3.63, 3.8) is 0 Å². The maximum Gasteiger partial charge on any atom is 0.0309 e. The van der Waals surface area contributed by atoms with Crippen LogP contribution >= 0.6 is 0 Å². The summed E-state index contributed by atoms with van der Waals surface area (Å²) in [7, 11) is 0. The molecule has 2 heteroatoms. The van der Waals surface area contributed by atoms with Crippen molar-refractivity contribution < 1.29 is 0 Å². The molecule has 2 nitrogen and oxygen atoms in total. The van der Waals surface area contributed by atoms with E-state index in [0.717, 1.165) is 5.92 Å². The molecule has 2 aliphatic rings. The van der Waals surface area contributed by atoms with Crippen LogP contribution in [-0.2, 0) is 0 Å². The van der Waals surface area contributed by atoms with Gasteiger partial charge in [0.2, 0.25) is 0 Å². The Bertz CT molecular complexity index is 217. The molecule has 1 aliphatic heterocycles. The first-order chi connectivity index (χ1) is 8.28. The summed E-state index contributed by atoms with van der Waals surface area (Å²) in [6.45, 7) is 9.75. The number of hydrogen-bond donors (Lipinski definition) is 1. The predicted molar refractivity (Wildman–Crippen MR) is 74.3 cm³/mol. The molecule has 2 rings (SSSR count). The van der Waals surface area contributed by atoms with Crippen LogP contribution in [0.15, 0.2) is 0 Å². The first-order valence-electron chi connectivity index (χ1n) is 7.75. The van der Waals surface area contributed by atoms with Crippen molar-refractivity contribution in [3.05, 3.63) is 0 Å². The molecule has 0 amide bonds. The van der Waals surface area contributed by atoms with Crippen LogP contribution in [0.1, 0.15) is 58.8 Å². The lowest BCUT2D eigenvalue weighted by molar-refractivity contribution is 0.139. The topological polar surface area (TPSA) is 15.3 Å². The maximum atomic E-state index is 3.80. The van der Waals surface area contributed by atoms with Gasteiger partial charge in [0.1, 0.15) is 0 Å². The highest BCUT2D eigenvalue weighted by atomic mass is 15.2. The monoisotopic (exact) mass is 238 g/mol. The van der Waals surface area contributed by atoms with E-state index >= 15 is 0 Å². The summed E-state index contributed by atoms with van der Waals surface area (Å²) in [5.41, 5.74) is 0.453. The van der Waals surface area contributed by atoms with Gasteiger partial charge in [-0.15, -0.1) is 0 Å². The Kier molecular flexibility index (Phi) is 4.87. The maximum absolute atomic E-state index is 3.80. The largest absolute Gasteiger partial charge is 0.310 e. The third kappa shape index (κ3) is 3.45. The molecule has 1 atom stereocenters. The van der Waals surface area contributed by atoms with Gasteiger partial charge < -0.3 is 10.2 Å². The van der Waals surface area contributed by atoms with Gasteiger partial charge in [0.05, 0.1) is 0 Å². The summed E-state index contributed by atoms with van der Waals surface area (Å²) >= 11 is 0. The van der Waals surface area contributed by atoms with Crippen LogP contribution in [0.5, 0.6) is 0 Å². The Morgan fingerprint density at radius 1 is 1.24 bits per heavy atom. The van der Waals surface area contributed by atoms with Crippen molar-refractivity contribution in [1.82, 2.24) is 10.2 Å². The molecule has 1 unspecified atom stereocenters. The molecule has 1 N–H and O–H groups in total. The fraction of sp³-hybridized carbons (Fsp3) is 1.00. The highest BCUT2D eigenvalue weighted by molar-refractivity contribution is 4.95. The molecule has 0 spiro atoms. The molecule has 1 saturated carbocycles. The fourth-order valence-corrected chi connectivity index (χ4v) is 3.55. The summed E-state index contributed by atoms with van der Waals surface area (Å²) in [5, 5.41) is 3.80. The van der Waals surface area contributed by atoms with Crippen LogP contribution in [0.2, 0.25) is 0 Å². The second-order valence-electron chi connectivity index (χ2n) is 6.19. The summed E-state index contributed by atoms with van der Waals surface area (Å²) in [5.74, 6) is 1.01. The summed E-state index contributed by atoms with van der Waals surface area (Å²) in [4.78, 5) is 2.71. The second kappa shape index (κ2) is 6.19. The lowest BCUT2D eigenvalue weighted by Gasteiger charge is -2.38. The molecule has 0 aromatic rings. The summed E-state index contributed by atoms with van der Waals surface area (Å²) < 4.78 is 0. The van der Waals surface area contributed by atoms with Gasteiger partial charge in [-0.2, -0.15) is 0 Å². The predicted octanol–water partition coefficient (Wildman–Crippen LogP) is 3.03. The van der Waals surface area contributed by atoms with Crippen molar-refractivity contribution in [2.75, 3.05) is 26.2 Å². The van der Waals surface area contributed by atoms with Crippen molar-refractivity contribution in [2.24, 2.45) is 5.92 Å². The molecule has 1 saturated heterocycles. The van der Waals surface area contributed by atoms with Gasteiger partial charge in [0.25, 0.3) is 0 Å². The number of nitrogens with one attached hydrogen (secondary N) is 1. The number of rotatable bonds is 7. The van der Waals surface area contributed by atoms with Gasteiger partial charge in [-0.05, 0) is 51.1 Å². The second-order valence-corrected chi connectivity index (χ2v) is 6.19. The number of nitrogens with zero attached hydrogens (tertiary/aromatic N) is 1. The van der Waals surface area contributed by atoms with Crippen molar-refractivity contribution in [2.45, 2.75) is 64.3 Å². The smallest absolute Gasteiger partial charge is 0.0309 e. The first kappa shape index (κ1) is 13.4. The molecule has 1 heterocycles. The van der Waals surface area contributed by atoms with E-state index < -0.39 is 0 Å². The van der Waals surface area contributed by atoms with E-state index in [1.165, 1.54) is 71.1 Å². The van der Waals surface area contributed by atoms with Crippen LogP contribution in [0.3, 0.4) is 0 Å². The minimum atomic E-state index is 0.453. The van der Waals surface area contributed by atoms with E-state index in [-0.39, 0.29) is 0 Å². The lowest BCUT2D eigenvalue weighted by atomic mass is 9.84. The van der Waals surface area contributed by atoms with Crippen LogP contribution in [0.4, 0.5) is 0 Å². The SMILES string of the molecule is CCCC1(CN(CC)CC2CCC2)CCCN1. The van der Waals surface area contributed by atoms with E-state index in [1.54, 1.807) is 0 Å². The van der Waals surface area contributed by atoms with Gasteiger partial charge >= 0.3 is 0 Å². The van der Waals surface area contributed by atoms with Gasteiger partial charge in [0, 0.05) is 18.6 Å². The minimum Gasteiger partial charge on any atom is -0.310 e. The Balaban J connectivity index is 1.85. The van der Waals surface area contributed by atoms with Crippen LogP contribution in [0.25, 0.3) is 0 Å². The summed E-state index contributed by atoms with van der Waals surface area (Å²) in [6.07, 6.45) is 9.86. The molecule has 1 aliphatic carbocycles. The third-order valence-electron chi connectivity index (χ3n) is 4.78. The Hall–Kier alpha value is -0.0800. The van der Waals surface area contributed by atoms with E-state index in [2.05, 4.69) is 24.1 Å². The van der Waals surface area contributed by atoms with E-state index in [0.29, 0.717) is 5.54 Å². The molecule has 0 aromatic heterocycles. The fourth-order valence-electron chi connectivity index (χ4n) is 3.55. The van der Waals surface area contributed by atoms with Gasteiger partial charge in [-0.25, -0.2) is 0 Å².